The molecule has 210 valence electrons. The molecule has 1 heterocycles. The van der Waals surface area contributed by atoms with Crippen LogP contribution in [0.2, 0.25) is 10.0 Å². The Hall–Kier alpha value is -3.52. The van der Waals surface area contributed by atoms with Crippen LogP contribution in [0.15, 0.2) is 72.9 Å². The molecule has 2 unspecified atom stereocenters. The van der Waals surface area contributed by atoms with E-state index in [4.69, 9.17) is 38.4 Å². The van der Waals surface area contributed by atoms with E-state index in [9.17, 15) is 9.59 Å². The zero-order valence-corrected chi connectivity index (χ0v) is 23.8. The topological polar surface area (TPSA) is 106 Å². The van der Waals surface area contributed by atoms with Gasteiger partial charge in [-0.25, -0.2) is 0 Å². The number of methoxy groups -OCH3 is 1. The number of H-pyrrole nitrogens is 1. The van der Waals surface area contributed by atoms with Crippen LogP contribution in [0.1, 0.15) is 36.4 Å². The highest BCUT2D eigenvalue weighted by molar-refractivity contribution is 6.35. The fraction of sp³-hybridized carbons (Fsp3) is 0.290. The molecule has 7 nitrogen and oxygen atoms in total. The molecule has 2 atom stereocenters. The van der Waals surface area contributed by atoms with Crippen molar-refractivity contribution in [3.63, 3.8) is 0 Å². The number of benzene rings is 3. The van der Waals surface area contributed by atoms with Crippen molar-refractivity contribution in [3.05, 3.63) is 94.1 Å². The minimum Gasteiger partial charge on any atom is -0.496 e. The van der Waals surface area contributed by atoms with Gasteiger partial charge in [-0.3, -0.25) is 9.59 Å². The van der Waals surface area contributed by atoms with Crippen molar-refractivity contribution in [1.82, 2.24) is 10.3 Å². The first-order valence-corrected chi connectivity index (χ1v) is 13.9. The molecule has 0 saturated carbocycles. The number of carbonyl (C=O) groups is 2. The molecule has 0 aliphatic carbocycles. The summed E-state index contributed by atoms with van der Waals surface area (Å²) in [5, 5.41) is 4.82. The number of ketones is 1. The summed E-state index contributed by atoms with van der Waals surface area (Å²) in [6, 6.07) is 19.8. The van der Waals surface area contributed by atoms with E-state index in [0.29, 0.717) is 35.2 Å². The van der Waals surface area contributed by atoms with Crippen LogP contribution in [-0.2, 0) is 16.0 Å². The number of hydrogen-bond acceptors (Lipinski definition) is 5. The Kier molecular flexibility index (Phi) is 10.5. The van der Waals surface area contributed by atoms with Crippen LogP contribution >= 0.6 is 23.2 Å². The molecule has 0 bridgehead atoms. The predicted octanol–water partition coefficient (Wildman–Crippen LogP) is 6.28. The summed E-state index contributed by atoms with van der Waals surface area (Å²) in [4.78, 5) is 29.5. The number of aromatic nitrogens is 1. The van der Waals surface area contributed by atoms with Gasteiger partial charge in [-0.15, -0.1) is 0 Å². The highest BCUT2D eigenvalue weighted by atomic mass is 35.5. The third-order valence-electron chi connectivity index (χ3n) is 6.88. The lowest BCUT2D eigenvalue weighted by Gasteiger charge is -2.23. The minimum absolute atomic E-state index is 0.0476. The second-order valence-corrected chi connectivity index (χ2v) is 10.4. The number of aryl methyl sites for hydroxylation is 1. The second-order valence-electron chi connectivity index (χ2n) is 9.53. The summed E-state index contributed by atoms with van der Waals surface area (Å²) in [6.45, 7) is 0.432. The number of nitrogens with two attached hydrogens (primary N) is 1. The van der Waals surface area contributed by atoms with E-state index in [0.717, 1.165) is 27.8 Å². The number of nitrogens with one attached hydrogen (secondary N) is 2. The van der Waals surface area contributed by atoms with Gasteiger partial charge in [0.25, 0.3) is 0 Å². The van der Waals surface area contributed by atoms with Crippen molar-refractivity contribution in [2.75, 3.05) is 20.3 Å². The molecule has 4 aromatic rings. The SMILES string of the molecule is COc1ccccc1CCC(=O)NCC(C(=O)CCCOc1ccc(Cl)cc1Cl)C(N)c1c[nH]c2ccccc12. The standard InChI is InChI=1S/C31H33Cl2N3O4/c1-39-28-11-5-2-7-20(28)12-15-30(38)36-19-24(31(34)23-18-35-26-9-4-3-8-22(23)26)27(37)10-6-16-40-29-14-13-21(32)17-25(29)33/h2-5,7-9,11,13-14,17-18,24,31,35H,6,10,12,15-16,19,34H2,1H3,(H,36,38). The average molecular weight is 583 g/mol. The number of fused-ring (bicyclic) bond motifs is 1. The Bertz CT molecular complexity index is 1460. The number of halogens is 2. The van der Waals surface area contributed by atoms with Crippen molar-refractivity contribution in [2.24, 2.45) is 11.7 Å². The molecule has 0 fully saturated rings. The van der Waals surface area contributed by atoms with E-state index >= 15 is 0 Å². The number of ether oxygens (including phenoxy) is 2. The number of para-hydroxylation sites is 2. The van der Waals surface area contributed by atoms with Gasteiger partial charge in [-0.2, -0.15) is 0 Å². The van der Waals surface area contributed by atoms with E-state index in [1.54, 1.807) is 25.3 Å². The zero-order valence-electron chi connectivity index (χ0n) is 22.3. The van der Waals surface area contributed by atoms with Crippen LogP contribution in [0.25, 0.3) is 10.9 Å². The van der Waals surface area contributed by atoms with Crippen LogP contribution < -0.4 is 20.5 Å². The molecule has 0 spiro atoms. The van der Waals surface area contributed by atoms with Crippen molar-refractivity contribution < 1.29 is 19.1 Å². The number of aromatic amines is 1. The zero-order chi connectivity index (χ0) is 28.5. The molecule has 9 heteroatoms. The molecular formula is C31H33Cl2N3O4. The Morgan fingerprint density at radius 1 is 1.00 bits per heavy atom. The molecular weight excluding hydrogens is 549 g/mol. The normalized spacial score (nSPS) is 12.6. The number of carbonyl (C=O) groups excluding carboxylic acids is 2. The molecule has 0 aliphatic rings. The van der Waals surface area contributed by atoms with Crippen molar-refractivity contribution >= 4 is 45.8 Å². The lowest BCUT2D eigenvalue weighted by Crippen LogP contribution is -2.39. The van der Waals surface area contributed by atoms with Gasteiger partial charge in [0.1, 0.15) is 17.3 Å². The lowest BCUT2D eigenvalue weighted by molar-refractivity contribution is -0.124. The first kappa shape index (κ1) is 29.5. The third-order valence-corrected chi connectivity index (χ3v) is 7.41. The number of Topliss-reactive ketones (excluding diaryl/α,β-unsaturated/α-hetero) is 1. The number of rotatable bonds is 14. The maximum atomic E-state index is 13.5. The Labute approximate surface area is 243 Å². The fourth-order valence-electron chi connectivity index (χ4n) is 4.70. The van der Waals surface area contributed by atoms with E-state index in [1.807, 2.05) is 54.7 Å². The summed E-state index contributed by atoms with van der Waals surface area (Å²) in [7, 11) is 1.61. The molecule has 0 aliphatic heterocycles. The molecule has 40 heavy (non-hydrogen) atoms. The number of hydrogen-bond donors (Lipinski definition) is 3. The second kappa shape index (κ2) is 14.2. The monoisotopic (exact) mass is 581 g/mol. The van der Waals surface area contributed by atoms with Gasteiger partial charge in [-0.1, -0.05) is 59.6 Å². The summed E-state index contributed by atoms with van der Waals surface area (Å²) in [5.41, 5.74) is 9.42. The molecule has 3 aromatic carbocycles. The molecule has 4 N–H and O–H groups in total. The van der Waals surface area contributed by atoms with Gasteiger partial charge in [0.15, 0.2) is 0 Å². The van der Waals surface area contributed by atoms with Crippen molar-refractivity contribution in [3.8, 4) is 11.5 Å². The summed E-state index contributed by atoms with van der Waals surface area (Å²) < 4.78 is 11.1. The quantitative estimate of drug-likeness (QED) is 0.152. The van der Waals surface area contributed by atoms with Crippen LogP contribution in [0.5, 0.6) is 11.5 Å². The first-order valence-electron chi connectivity index (χ1n) is 13.2. The molecule has 0 radical (unpaired) electrons. The highest BCUT2D eigenvalue weighted by Crippen LogP contribution is 2.30. The van der Waals surface area contributed by atoms with Crippen molar-refractivity contribution in [2.45, 2.75) is 31.7 Å². The van der Waals surface area contributed by atoms with Crippen LogP contribution in [0.4, 0.5) is 0 Å². The largest absolute Gasteiger partial charge is 0.496 e. The van der Waals surface area contributed by atoms with Crippen LogP contribution in [-0.4, -0.2) is 36.9 Å². The van der Waals surface area contributed by atoms with Gasteiger partial charge >= 0.3 is 0 Å². The molecule has 1 aromatic heterocycles. The van der Waals surface area contributed by atoms with Gasteiger partial charge < -0.3 is 25.5 Å². The maximum absolute atomic E-state index is 13.5. The fourth-order valence-corrected chi connectivity index (χ4v) is 5.17. The highest BCUT2D eigenvalue weighted by Gasteiger charge is 2.28. The summed E-state index contributed by atoms with van der Waals surface area (Å²) in [5.74, 6) is 0.428. The smallest absolute Gasteiger partial charge is 0.220 e. The van der Waals surface area contributed by atoms with Crippen LogP contribution in [0, 0.1) is 5.92 Å². The molecule has 1 amide bonds. The van der Waals surface area contributed by atoms with Crippen molar-refractivity contribution in [1.29, 1.82) is 0 Å². The Morgan fingerprint density at radius 3 is 2.58 bits per heavy atom. The van der Waals surface area contributed by atoms with E-state index in [-0.39, 0.29) is 31.1 Å². The molecule has 4 rings (SSSR count). The molecule has 0 saturated heterocycles. The van der Waals surface area contributed by atoms with E-state index in [1.165, 1.54) is 0 Å². The summed E-state index contributed by atoms with van der Waals surface area (Å²) in [6.07, 6.45) is 3.33. The summed E-state index contributed by atoms with van der Waals surface area (Å²) >= 11 is 12.1. The van der Waals surface area contributed by atoms with Gasteiger partial charge in [0, 0.05) is 47.6 Å². The predicted molar refractivity (Wildman–Crippen MR) is 159 cm³/mol. The van der Waals surface area contributed by atoms with E-state index < -0.39 is 12.0 Å². The Balaban J connectivity index is 1.39. The third kappa shape index (κ3) is 7.56. The van der Waals surface area contributed by atoms with Gasteiger partial charge in [-0.05, 0) is 54.3 Å². The average Bonchev–Trinajstić information content (AvgIpc) is 3.39. The Morgan fingerprint density at radius 2 is 1.77 bits per heavy atom. The number of amides is 1. The minimum atomic E-state index is -0.617. The first-order chi connectivity index (χ1) is 19.4. The van der Waals surface area contributed by atoms with E-state index in [2.05, 4.69) is 10.3 Å². The van der Waals surface area contributed by atoms with Crippen LogP contribution in [0.3, 0.4) is 0 Å². The lowest BCUT2D eigenvalue weighted by atomic mass is 9.88. The van der Waals surface area contributed by atoms with Gasteiger partial charge in [0.05, 0.1) is 24.7 Å². The van der Waals surface area contributed by atoms with Gasteiger partial charge in [0.2, 0.25) is 5.91 Å². The maximum Gasteiger partial charge on any atom is 0.220 e.